The van der Waals surface area contributed by atoms with Crippen LogP contribution in [0, 0.1) is 29.1 Å². The molecular weight excluding hydrogens is 384 g/mol. The Bertz CT molecular complexity index is 787. The van der Waals surface area contributed by atoms with Crippen LogP contribution in [0.5, 0.6) is 0 Å². The van der Waals surface area contributed by atoms with Crippen LogP contribution in [0.15, 0.2) is 30.3 Å². The molecule has 0 radical (unpaired) electrons. The largest absolute Gasteiger partial charge is 0.375 e. The first kappa shape index (κ1) is 21.1. The zero-order valence-corrected chi connectivity index (χ0v) is 18.8. The van der Waals surface area contributed by atoms with Crippen molar-refractivity contribution in [2.45, 2.75) is 64.9 Å². The Morgan fingerprint density at radius 3 is 2.34 bits per heavy atom. The van der Waals surface area contributed by atoms with Crippen molar-refractivity contribution in [1.82, 2.24) is 4.72 Å². The van der Waals surface area contributed by atoms with Crippen molar-refractivity contribution < 1.29 is 13.2 Å². The molecule has 4 fully saturated rings. The molecule has 0 heterocycles. The minimum absolute atomic E-state index is 0.0550. The average molecular weight is 421 g/mol. The van der Waals surface area contributed by atoms with Crippen LogP contribution in [0.4, 0.5) is 5.69 Å². The minimum Gasteiger partial charge on any atom is -0.375 e. The summed E-state index contributed by atoms with van der Waals surface area (Å²) in [6.07, 6.45) is 7.06. The fraction of sp³-hybridized carbons (Fsp3) is 0.739. The molecular formula is C23H36N2O3S. The van der Waals surface area contributed by atoms with Crippen LogP contribution in [0.25, 0.3) is 0 Å². The van der Waals surface area contributed by atoms with E-state index in [-0.39, 0.29) is 5.60 Å². The lowest BCUT2D eigenvalue weighted by molar-refractivity contribution is -0.198. The summed E-state index contributed by atoms with van der Waals surface area (Å²) in [4.78, 5) is 0. The van der Waals surface area contributed by atoms with Gasteiger partial charge >= 0.3 is 0 Å². The topological polar surface area (TPSA) is 67.4 Å². The van der Waals surface area contributed by atoms with Crippen LogP contribution >= 0.6 is 0 Å². The van der Waals surface area contributed by atoms with Gasteiger partial charge in [-0.25, -0.2) is 0 Å². The molecule has 6 heteroatoms. The van der Waals surface area contributed by atoms with Crippen LogP contribution < -0.4 is 9.44 Å². The molecule has 0 saturated heterocycles. The van der Waals surface area contributed by atoms with Crippen molar-refractivity contribution >= 4 is 15.9 Å². The Balaban J connectivity index is 1.24. The van der Waals surface area contributed by atoms with Crippen molar-refractivity contribution in [3.63, 3.8) is 0 Å². The van der Waals surface area contributed by atoms with Crippen molar-refractivity contribution in [1.29, 1.82) is 0 Å². The highest BCUT2D eigenvalue weighted by atomic mass is 32.2. The van der Waals surface area contributed by atoms with Crippen LogP contribution in [0.3, 0.4) is 0 Å². The van der Waals surface area contributed by atoms with E-state index in [0.29, 0.717) is 30.7 Å². The second-order valence-corrected chi connectivity index (χ2v) is 12.1. The van der Waals surface area contributed by atoms with Crippen LogP contribution in [0.2, 0.25) is 0 Å². The smallest absolute Gasteiger partial charge is 0.299 e. The molecule has 5 nitrogen and oxygen atoms in total. The summed E-state index contributed by atoms with van der Waals surface area (Å²) in [5.74, 6) is 3.26. The van der Waals surface area contributed by atoms with Crippen LogP contribution in [-0.2, 0) is 14.9 Å². The molecule has 0 aliphatic heterocycles. The molecule has 4 aliphatic carbocycles. The van der Waals surface area contributed by atoms with E-state index in [0.717, 1.165) is 23.7 Å². The minimum atomic E-state index is -3.54. The normalized spacial score (nSPS) is 33.8. The summed E-state index contributed by atoms with van der Waals surface area (Å²) in [6, 6.07) is 8.94. The maximum atomic E-state index is 12.2. The third kappa shape index (κ3) is 4.80. The third-order valence-corrected chi connectivity index (χ3v) is 8.35. The Morgan fingerprint density at radius 1 is 1.07 bits per heavy atom. The molecule has 0 spiro atoms. The van der Waals surface area contributed by atoms with Crippen LogP contribution in [-0.4, -0.2) is 27.2 Å². The lowest BCUT2D eigenvalue weighted by Crippen LogP contribution is -2.58. The van der Waals surface area contributed by atoms with E-state index in [4.69, 9.17) is 4.74 Å². The molecule has 0 amide bonds. The Hall–Kier alpha value is -1.11. The highest BCUT2D eigenvalue weighted by molar-refractivity contribution is 7.90. The number of hydrogen-bond acceptors (Lipinski definition) is 3. The Kier molecular flexibility index (Phi) is 5.73. The molecule has 4 aliphatic rings. The van der Waals surface area contributed by atoms with Gasteiger partial charge in [0.25, 0.3) is 10.2 Å². The summed E-state index contributed by atoms with van der Waals surface area (Å²) in [5.41, 5.74) is 1.01. The van der Waals surface area contributed by atoms with Gasteiger partial charge in [0.05, 0.1) is 5.60 Å². The first-order valence-corrected chi connectivity index (χ1v) is 12.6. The molecule has 4 bridgehead atoms. The zero-order valence-electron chi connectivity index (χ0n) is 18.0. The molecule has 162 valence electrons. The fourth-order valence-electron chi connectivity index (χ4n) is 6.81. The third-order valence-electron chi connectivity index (χ3n) is 7.26. The molecule has 2 atom stereocenters. The molecule has 0 aromatic heterocycles. The van der Waals surface area contributed by atoms with Crippen molar-refractivity contribution in [2.24, 2.45) is 29.1 Å². The van der Waals surface area contributed by atoms with Gasteiger partial charge in [-0.3, -0.25) is 4.72 Å². The predicted molar refractivity (Wildman–Crippen MR) is 117 cm³/mol. The lowest BCUT2D eigenvalue weighted by Gasteiger charge is -2.62. The quantitative estimate of drug-likeness (QED) is 0.605. The van der Waals surface area contributed by atoms with Gasteiger partial charge < -0.3 is 4.74 Å². The SMILES string of the molecule is CC(C)(C)C1C2CC3CC1CC(OCCCNS(=O)(=O)Nc1ccccc1)(C3)C2. The van der Waals surface area contributed by atoms with E-state index >= 15 is 0 Å². The number of nitrogens with one attached hydrogen (secondary N) is 2. The maximum absolute atomic E-state index is 12.2. The number of ether oxygens (including phenoxy) is 1. The van der Waals surface area contributed by atoms with Gasteiger partial charge in [-0.15, -0.1) is 0 Å². The summed E-state index contributed by atoms with van der Waals surface area (Å²) in [7, 11) is -3.54. The van der Waals surface area contributed by atoms with Crippen molar-refractivity contribution in [2.75, 3.05) is 17.9 Å². The highest BCUT2D eigenvalue weighted by Gasteiger charge is 2.58. The Morgan fingerprint density at radius 2 is 1.72 bits per heavy atom. The highest BCUT2D eigenvalue weighted by Crippen LogP contribution is 2.63. The first-order chi connectivity index (χ1) is 13.7. The summed E-state index contributed by atoms with van der Waals surface area (Å²) >= 11 is 0. The van der Waals surface area contributed by atoms with Gasteiger partial charge in [-0.05, 0) is 79.7 Å². The number of benzene rings is 1. The molecule has 2 unspecified atom stereocenters. The second-order valence-electron chi connectivity index (χ2n) is 10.6. The molecule has 5 rings (SSSR count). The number of anilines is 1. The van der Waals surface area contributed by atoms with Gasteiger partial charge in [-0.1, -0.05) is 39.0 Å². The molecule has 29 heavy (non-hydrogen) atoms. The van der Waals surface area contributed by atoms with E-state index in [9.17, 15) is 8.42 Å². The zero-order chi connectivity index (χ0) is 20.7. The standard InChI is InChI=1S/C23H36N2O3S/c1-22(2,3)21-18-12-17-13-19(21)16-23(14-17,15-18)28-11-7-10-24-29(26,27)25-20-8-5-4-6-9-20/h4-6,8-9,17-19,21,24-25H,7,10-16H2,1-3H3. The van der Waals surface area contributed by atoms with Gasteiger partial charge in [0.2, 0.25) is 0 Å². The molecule has 1 aromatic carbocycles. The molecule has 2 N–H and O–H groups in total. The van der Waals surface area contributed by atoms with Gasteiger partial charge in [0.15, 0.2) is 0 Å². The number of rotatable bonds is 8. The summed E-state index contributed by atoms with van der Waals surface area (Å²) < 4.78 is 36.0. The number of para-hydroxylation sites is 1. The van der Waals surface area contributed by atoms with Crippen molar-refractivity contribution in [3.8, 4) is 0 Å². The Labute approximate surface area is 176 Å². The van der Waals surface area contributed by atoms with Crippen LogP contribution in [0.1, 0.15) is 59.3 Å². The summed E-state index contributed by atoms with van der Waals surface area (Å²) in [5, 5.41) is 0. The average Bonchev–Trinajstić information content (AvgIpc) is 2.59. The molecule has 4 saturated carbocycles. The van der Waals surface area contributed by atoms with E-state index in [1.54, 1.807) is 24.3 Å². The van der Waals surface area contributed by atoms with E-state index in [1.165, 1.54) is 32.1 Å². The monoisotopic (exact) mass is 420 g/mol. The lowest BCUT2D eigenvalue weighted by atomic mass is 9.46. The van der Waals surface area contributed by atoms with Gasteiger partial charge in [0, 0.05) is 18.8 Å². The second kappa shape index (κ2) is 7.86. The number of hydrogen-bond donors (Lipinski definition) is 2. The van der Waals surface area contributed by atoms with E-state index in [1.807, 2.05) is 6.07 Å². The fourth-order valence-corrected chi connectivity index (χ4v) is 7.74. The van der Waals surface area contributed by atoms with E-state index < -0.39 is 10.2 Å². The maximum Gasteiger partial charge on any atom is 0.299 e. The van der Waals surface area contributed by atoms with Gasteiger partial charge in [-0.2, -0.15) is 13.1 Å². The van der Waals surface area contributed by atoms with Gasteiger partial charge in [0.1, 0.15) is 0 Å². The van der Waals surface area contributed by atoms with Crippen molar-refractivity contribution in [3.05, 3.63) is 30.3 Å². The first-order valence-electron chi connectivity index (χ1n) is 11.1. The molecule has 1 aromatic rings. The predicted octanol–water partition coefficient (Wildman–Crippen LogP) is 4.58. The van der Waals surface area contributed by atoms with E-state index in [2.05, 4.69) is 30.2 Å². The summed E-state index contributed by atoms with van der Waals surface area (Å²) in [6.45, 7) is 8.23.